The van der Waals surface area contributed by atoms with E-state index in [0.29, 0.717) is 5.56 Å². The minimum atomic E-state index is -5.12. The van der Waals surface area contributed by atoms with E-state index in [4.69, 9.17) is 4.74 Å². The summed E-state index contributed by atoms with van der Waals surface area (Å²) >= 11 is 0. The van der Waals surface area contributed by atoms with Crippen LogP contribution in [0.15, 0.2) is 54.6 Å². The second-order valence-corrected chi connectivity index (χ2v) is 10.2. The molecule has 0 spiro atoms. The van der Waals surface area contributed by atoms with Crippen LogP contribution in [0, 0.1) is 0 Å². The van der Waals surface area contributed by atoms with E-state index in [1.165, 1.54) is 5.01 Å². The predicted octanol–water partition coefficient (Wildman–Crippen LogP) is 4.43. The second-order valence-electron chi connectivity index (χ2n) is 10.2. The zero-order chi connectivity index (χ0) is 29.2. The largest absolute Gasteiger partial charge is 0.471 e. The summed E-state index contributed by atoms with van der Waals surface area (Å²) in [6, 6.07) is 14.9. The zero-order valence-corrected chi connectivity index (χ0v) is 23.1. The van der Waals surface area contributed by atoms with E-state index in [2.05, 4.69) is 24.2 Å². The summed E-state index contributed by atoms with van der Waals surface area (Å²) in [6.45, 7) is 10.7. The number of halogens is 3. The van der Waals surface area contributed by atoms with Gasteiger partial charge < -0.3 is 20.1 Å². The molecule has 2 aromatic rings. The van der Waals surface area contributed by atoms with Crippen molar-refractivity contribution in [2.24, 2.45) is 0 Å². The molecular weight excluding hydrogens is 513 g/mol. The molecule has 0 aliphatic heterocycles. The number of hydrazine groups is 1. The summed E-state index contributed by atoms with van der Waals surface area (Å²) in [7, 11) is 0. The van der Waals surface area contributed by atoms with Gasteiger partial charge in [0.15, 0.2) is 0 Å². The van der Waals surface area contributed by atoms with E-state index in [1.807, 2.05) is 29.6 Å². The molecule has 0 saturated heterocycles. The minimum absolute atomic E-state index is 0.0529. The van der Waals surface area contributed by atoms with E-state index >= 15 is 0 Å². The summed E-state index contributed by atoms with van der Waals surface area (Å²) in [4.78, 5) is 26.5. The molecule has 2 atom stereocenters. The lowest BCUT2D eigenvalue weighted by atomic mass is 10.0. The SMILES string of the molecule is CCN(CC)c1ccc(CN(C[C@H](O)[C@H](Cc2ccccc2)NC(=O)C(F)(F)F)NC(=O)OC(C)(C)C)cc1. The number of carbonyl (C=O) groups is 2. The quantitative estimate of drug-likeness (QED) is 0.338. The number of hydrogen-bond acceptors (Lipinski definition) is 6. The number of aliphatic hydroxyl groups is 1. The van der Waals surface area contributed by atoms with E-state index in [-0.39, 0.29) is 19.5 Å². The van der Waals surface area contributed by atoms with Gasteiger partial charge >= 0.3 is 18.2 Å². The maximum atomic E-state index is 13.1. The maximum Gasteiger partial charge on any atom is 0.471 e. The lowest BCUT2D eigenvalue weighted by molar-refractivity contribution is -0.175. The van der Waals surface area contributed by atoms with E-state index in [0.717, 1.165) is 24.3 Å². The van der Waals surface area contributed by atoms with Gasteiger partial charge in [0.25, 0.3) is 0 Å². The van der Waals surface area contributed by atoms with Crippen LogP contribution in [0.2, 0.25) is 0 Å². The molecule has 11 heteroatoms. The molecule has 0 aliphatic rings. The second kappa shape index (κ2) is 14.2. The molecule has 39 heavy (non-hydrogen) atoms. The Kier molecular flexibility index (Phi) is 11.6. The Hall–Kier alpha value is -3.31. The van der Waals surface area contributed by atoms with E-state index in [1.54, 1.807) is 51.1 Å². The number of nitrogens with zero attached hydrogens (tertiary/aromatic N) is 2. The fourth-order valence-electron chi connectivity index (χ4n) is 3.96. The van der Waals surface area contributed by atoms with Crippen LogP contribution in [0.1, 0.15) is 45.7 Å². The summed E-state index contributed by atoms with van der Waals surface area (Å²) < 4.78 is 44.5. The predicted molar refractivity (Wildman–Crippen MR) is 144 cm³/mol. The van der Waals surface area contributed by atoms with Gasteiger partial charge in [0, 0.05) is 31.9 Å². The van der Waals surface area contributed by atoms with Crippen molar-refractivity contribution in [3.63, 3.8) is 0 Å². The van der Waals surface area contributed by atoms with Crippen LogP contribution in [-0.4, -0.2) is 65.7 Å². The topological polar surface area (TPSA) is 94.1 Å². The molecule has 2 aromatic carbocycles. The van der Waals surface area contributed by atoms with Crippen LogP contribution in [0.4, 0.5) is 23.7 Å². The Morgan fingerprint density at radius 2 is 1.54 bits per heavy atom. The summed E-state index contributed by atoms with van der Waals surface area (Å²) in [5.74, 6) is -2.15. The summed E-state index contributed by atoms with van der Waals surface area (Å²) in [5.41, 5.74) is 4.22. The molecule has 2 amide bonds. The summed E-state index contributed by atoms with van der Waals surface area (Å²) in [5, 5.41) is 14.3. The molecule has 2 rings (SSSR count). The van der Waals surface area contributed by atoms with Gasteiger partial charge in [0.05, 0.1) is 12.1 Å². The maximum absolute atomic E-state index is 13.1. The number of carbonyl (C=O) groups excluding carboxylic acids is 2. The highest BCUT2D eigenvalue weighted by molar-refractivity contribution is 5.82. The first-order valence-electron chi connectivity index (χ1n) is 12.9. The molecular formula is C28H39F3N4O4. The first kappa shape index (κ1) is 31.9. The number of benzene rings is 2. The van der Waals surface area contributed by atoms with Crippen molar-refractivity contribution in [3.05, 3.63) is 65.7 Å². The standard InChI is InChI=1S/C28H39F3N4O4/c1-6-34(7-2)22-15-13-21(14-16-22)18-35(33-26(38)39-27(3,4)5)19-24(36)23(32-25(37)28(29,30)31)17-20-11-9-8-10-12-20/h8-16,23-24,36H,6-7,17-19H2,1-5H3,(H,32,37)(H,33,38)/t23-,24-/m0/s1. The number of amides is 2. The molecule has 0 unspecified atom stereocenters. The van der Waals surface area contributed by atoms with Crippen molar-refractivity contribution in [1.82, 2.24) is 15.8 Å². The van der Waals surface area contributed by atoms with Crippen molar-refractivity contribution >= 4 is 17.7 Å². The molecule has 0 bridgehead atoms. The minimum Gasteiger partial charge on any atom is -0.443 e. The molecule has 0 fully saturated rings. The van der Waals surface area contributed by atoms with Gasteiger partial charge in [0.2, 0.25) is 0 Å². The number of nitrogens with one attached hydrogen (secondary N) is 2. The fourth-order valence-corrected chi connectivity index (χ4v) is 3.96. The third-order valence-corrected chi connectivity index (χ3v) is 5.83. The molecule has 8 nitrogen and oxygen atoms in total. The van der Waals surface area contributed by atoms with Gasteiger partial charge in [-0.25, -0.2) is 9.80 Å². The van der Waals surface area contributed by atoms with Crippen molar-refractivity contribution in [3.8, 4) is 0 Å². The lowest BCUT2D eigenvalue weighted by Crippen LogP contribution is -2.55. The van der Waals surface area contributed by atoms with Gasteiger partial charge in [-0.3, -0.25) is 10.2 Å². The third-order valence-electron chi connectivity index (χ3n) is 5.83. The zero-order valence-electron chi connectivity index (χ0n) is 23.1. The van der Waals surface area contributed by atoms with Gasteiger partial charge in [-0.15, -0.1) is 0 Å². The average Bonchev–Trinajstić information content (AvgIpc) is 2.84. The van der Waals surface area contributed by atoms with Crippen molar-refractivity contribution in [1.29, 1.82) is 0 Å². The van der Waals surface area contributed by atoms with E-state index in [9.17, 15) is 27.9 Å². The highest BCUT2D eigenvalue weighted by Crippen LogP contribution is 2.18. The number of alkyl halides is 3. The number of rotatable bonds is 12. The highest BCUT2D eigenvalue weighted by Gasteiger charge is 2.41. The Bertz CT molecular complexity index is 1040. The Morgan fingerprint density at radius 3 is 2.05 bits per heavy atom. The van der Waals surface area contributed by atoms with Crippen LogP contribution in [-0.2, 0) is 22.5 Å². The Balaban J connectivity index is 2.27. The molecule has 0 aromatic heterocycles. The summed E-state index contributed by atoms with van der Waals surface area (Å²) in [6.07, 6.45) is -7.42. The van der Waals surface area contributed by atoms with Crippen LogP contribution in [0.3, 0.4) is 0 Å². The fraction of sp³-hybridized carbons (Fsp3) is 0.500. The van der Waals surface area contributed by atoms with Crippen molar-refractivity contribution < 1.29 is 32.6 Å². The van der Waals surface area contributed by atoms with Gasteiger partial charge in [-0.1, -0.05) is 42.5 Å². The lowest BCUT2D eigenvalue weighted by Gasteiger charge is -2.31. The Labute approximate surface area is 228 Å². The number of anilines is 1. The van der Waals surface area contributed by atoms with Crippen LogP contribution < -0.4 is 15.6 Å². The van der Waals surface area contributed by atoms with Crippen molar-refractivity contribution in [2.75, 3.05) is 24.5 Å². The highest BCUT2D eigenvalue weighted by atomic mass is 19.4. The third kappa shape index (κ3) is 11.1. The molecule has 216 valence electrons. The van der Waals surface area contributed by atoms with Crippen LogP contribution >= 0.6 is 0 Å². The van der Waals surface area contributed by atoms with Crippen molar-refractivity contribution in [2.45, 2.75) is 71.5 Å². The smallest absolute Gasteiger partial charge is 0.443 e. The first-order valence-corrected chi connectivity index (χ1v) is 12.9. The molecule has 0 aliphatic carbocycles. The monoisotopic (exact) mass is 552 g/mol. The number of hydrogen-bond donors (Lipinski definition) is 3. The van der Waals surface area contributed by atoms with Gasteiger partial charge in [-0.2, -0.15) is 13.2 Å². The Morgan fingerprint density at radius 1 is 0.949 bits per heavy atom. The molecule has 3 N–H and O–H groups in total. The number of ether oxygens (including phenoxy) is 1. The average molecular weight is 553 g/mol. The van der Waals surface area contributed by atoms with Gasteiger partial charge in [0.1, 0.15) is 5.60 Å². The molecule has 0 saturated carbocycles. The van der Waals surface area contributed by atoms with Crippen LogP contribution in [0.25, 0.3) is 0 Å². The normalized spacial score (nSPS) is 13.5. The van der Waals surface area contributed by atoms with Crippen LogP contribution in [0.5, 0.6) is 0 Å². The van der Waals surface area contributed by atoms with E-state index < -0.39 is 35.9 Å². The molecule has 0 radical (unpaired) electrons. The molecule has 0 heterocycles. The first-order chi connectivity index (χ1) is 18.2. The van der Waals surface area contributed by atoms with Gasteiger partial charge in [-0.05, 0) is 64.3 Å². The number of aliphatic hydroxyl groups excluding tert-OH is 1.